The maximum absolute atomic E-state index is 12.0. The average Bonchev–Trinajstić information content (AvgIpc) is 2.88. The first-order valence-corrected chi connectivity index (χ1v) is 6.80. The second kappa shape index (κ2) is 5.81. The Morgan fingerprint density at radius 3 is 2.15 bits per heavy atom. The SMILES string of the molecule is CC(C)OC(=O)C(C)CNC(=O)[C@@H]1[C@H](C(=O)O)C1(C)C. The van der Waals surface area contributed by atoms with Gasteiger partial charge >= 0.3 is 11.9 Å². The number of hydrogen-bond acceptors (Lipinski definition) is 4. The molecule has 1 fully saturated rings. The summed E-state index contributed by atoms with van der Waals surface area (Å²) in [5, 5.41) is 11.7. The fourth-order valence-electron chi connectivity index (χ4n) is 2.38. The molecule has 1 aliphatic carbocycles. The van der Waals surface area contributed by atoms with E-state index in [1.807, 2.05) is 0 Å². The van der Waals surface area contributed by atoms with E-state index in [1.165, 1.54) is 0 Å². The molecule has 114 valence electrons. The number of carbonyl (C=O) groups excluding carboxylic acids is 2. The van der Waals surface area contributed by atoms with E-state index >= 15 is 0 Å². The fraction of sp³-hybridized carbons (Fsp3) is 0.786. The Kier molecular flexibility index (Phi) is 4.78. The van der Waals surface area contributed by atoms with Gasteiger partial charge in [0.1, 0.15) is 0 Å². The van der Waals surface area contributed by atoms with E-state index in [9.17, 15) is 14.4 Å². The minimum Gasteiger partial charge on any atom is -0.481 e. The summed E-state index contributed by atoms with van der Waals surface area (Å²) in [7, 11) is 0. The molecule has 0 aromatic rings. The Labute approximate surface area is 118 Å². The number of aliphatic carboxylic acids is 1. The molecule has 1 unspecified atom stereocenters. The summed E-state index contributed by atoms with van der Waals surface area (Å²) in [6, 6.07) is 0. The average molecular weight is 285 g/mol. The lowest BCUT2D eigenvalue weighted by Crippen LogP contribution is -2.35. The van der Waals surface area contributed by atoms with Crippen LogP contribution < -0.4 is 5.32 Å². The molecule has 2 N–H and O–H groups in total. The van der Waals surface area contributed by atoms with Crippen LogP contribution in [-0.4, -0.2) is 35.6 Å². The van der Waals surface area contributed by atoms with Crippen molar-refractivity contribution in [3.63, 3.8) is 0 Å². The standard InChI is InChI=1S/C14H23NO5/c1-7(2)20-13(19)8(3)6-15-11(16)9-10(12(17)18)14(9,4)5/h7-10H,6H2,1-5H3,(H,15,16)(H,17,18)/t8?,9-,10+/m0/s1. The maximum atomic E-state index is 12.0. The Hall–Kier alpha value is -1.59. The molecule has 0 saturated heterocycles. The van der Waals surface area contributed by atoms with Gasteiger partial charge in [-0.05, 0) is 19.3 Å². The van der Waals surface area contributed by atoms with E-state index in [2.05, 4.69) is 5.32 Å². The lowest BCUT2D eigenvalue weighted by Gasteiger charge is -2.14. The second-order valence-corrected chi connectivity index (χ2v) is 6.25. The lowest BCUT2D eigenvalue weighted by atomic mass is 10.1. The Morgan fingerprint density at radius 1 is 1.20 bits per heavy atom. The zero-order chi connectivity index (χ0) is 15.7. The molecule has 0 heterocycles. The van der Waals surface area contributed by atoms with E-state index in [0.717, 1.165) is 0 Å². The van der Waals surface area contributed by atoms with Gasteiger partial charge < -0.3 is 15.2 Å². The van der Waals surface area contributed by atoms with Gasteiger partial charge in [-0.2, -0.15) is 0 Å². The van der Waals surface area contributed by atoms with Crippen molar-refractivity contribution in [1.29, 1.82) is 0 Å². The Morgan fingerprint density at radius 2 is 1.75 bits per heavy atom. The predicted octanol–water partition coefficient (Wildman–Crippen LogP) is 1.05. The van der Waals surface area contributed by atoms with Crippen molar-refractivity contribution in [2.75, 3.05) is 6.54 Å². The Bertz CT molecular complexity index is 416. The third kappa shape index (κ3) is 3.49. The molecule has 6 heteroatoms. The summed E-state index contributed by atoms with van der Waals surface area (Å²) >= 11 is 0. The lowest BCUT2D eigenvalue weighted by molar-refractivity contribution is -0.151. The zero-order valence-corrected chi connectivity index (χ0v) is 12.6. The molecule has 0 aromatic heterocycles. The normalized spacial score (nSPS) is 24.9. The molecular weight excluding hydrogens is 262 g/mol. The van der Waals surface area contributed by atoms with Crippen molar-refractivity contribution in [1.82, 2.24) is 5.32 Å². The van der Waals surface area contributed by atoms with Gasteiger partial charge in [-0.3, -0.25) is 14.4 Å². The van der Waals surface area contributed by atoms with Crippen LogP contribution in [0.5, 0.6) is 0 Å². The van der Waals surface area contributed by atoms with Crippen molar-refractivity contribution in [2.45, 2.75) is 40.7 Å². The van der Waals surface area contributed by atoms with Gasteiger partial charge in [0.05, 0.1) is 23.9 Å². The highest BCUT2D eigenvalue weighted by Gasteiger charge is 2.65. The molecule has 0 spiro atoms. The minimum absolute atomic E-state index is 0.156. The van der Waals surface area contributed by atoms with Crippen LogP contribution in [-0.2, 0) is 19.1 Å². The first-order chi connectivity index (χ1) is 9.09. The van der Waals surface area contributed by atoms with Crippen LogP contribution in [0.4, 0.5) is 0 Å². The van der Waals surface area contributed by atoms with Crippen LogP contribution in [0.25, 0.3) is 0 Å². The molecule has 0 aromatic carbocycles. The monoisotopic (exact) mass is 285 g/mol. The number of ether oxygens (including phenoxy) is 1. The van der Waals surface area contributed by atoms with Crippen LogP contribution in [0, 0.1) is 23.2 Å². The van der Waals surface area contributed by atoms with Gasteiger partial charge in [0, 0.05) is 6.54 Å². The molecule has 0 radical (unpaired) electrons. The number of nitrogens with one attached hydrogen (secondary N) is 1. The number of carboxylic acid groups (broad SMARTS) is 1. The molecule has 1 aliphatic rings. The van der Waals surface area contributed by atoms with Crippen LogP contribution >= 0.6 is 0 Å². The summed E-state index contributed by atoms with van der Waals surface area (Å²) < 4.78 is 5.04. The van der Waals surface area contributed by atoms with Gasteiger partial charge in [-0.15, -0.1) is 0 Å². The molecule has 1 saturated carbocycles. The molecular formula is C14H23NO5. The minimum atomic E-state index is -0.956. The van der Waals surface area contributed by atoms with Gasteiger partial charge in [-0.25, -0.2) is 0 Å². The van der Waals surface area contributed by atoms with E-state index in [1.54, 1.807) is 34.6 Å². The van der Waals surface area contributed by atoms with Gasteiger partial charge in [0.2, 0.25) is 5.91 Å². The first-order valence-electron chi connectivity index (χ1n) is 6.80. The summed E-state index contributed by atoms with van der Waals surface area (Å²) in [6.07, 6.45) is -0.195. The van der Waals surface area contributed by atoms with Crippen LogP contribution in [0.2, 0.25) is 0 Å². The van der Waals surface area contributed by atoms with Crippen molar-refractivity contribution in [2.24, 2.45) is 23.2 Å². The predicted molar refractivity (Wildman–Crippen MR) is 71.8 cm³/mol. The number of carboxylic acids is 1. The van der Waals surface area contributed by atoms with Crippen molar-refractivity contribution >= 4 is 17.8 Å². The number of hydrogen-bond donors (Lipinski definition) is 2. The maximum Gasteiger partial charge on any atom is 0.310 e. The molecule has 1 rings (SSSR count). The summed E-state index contributed by atoms with van der Waals surface area (Å²) in [5.41, 5.74) is -0.530. The van der Waals surface area contributed by atoms with E-state index in [4.69, 9.17) is 9.84 Å². The third-order valence-corrected chi connectivity index (χ3v) is 3.71. The molecule has 0 aliphatic heterocycles. The largest absolute Gasteiger partial charge is 0.481 e. The van der Waals surface area contributed by atoms with Gasteiger partial charge in [0.25, 0.3) is 0 Å². The molecule has 20 heavy (non-hydrogen) atoms. The Balaban J connectivity index is 2.45. The fourth-order valence-corrected chi connectivity index (χ4v) is 2.38. The van der Waals surface area contributed by atoms with E-state index < -0.39 is 29.1 Å². The number of rotatable bonds is 6. The number of amides is 1. The number of esters is 1. The van der Waals surface area contributed by atoms with E-state index in [0.29, 0.717) is 0 Å². The third-order valence-electron chi connectivity index (χ3n) is 3.71. The second-order valence-electron chi connectivity index (χ2n) is 6.25. The van der Waals surface area contributed by atoms with Crippen molar-refractivity contribution in [3.8, 4) is 0 Å². The van der Waals surface area contributed by atoms with Gasteiger partial charge in [-0.1, -0.05) is 20.8 Å². The molecule has 6 nitrogen and oxygen atoms in total. The van der Waals surface area contributed by atoms with Gasteiger partial charge in [0.15, 0.2) is 0 Å². The summed E-state index contributed by atoms with van der Waals surface area (Å²) in [4.78, 5) is 34.5. The summed E-state index contributed by atoms with van der Waals surface area (Å²) in [5.74, 6) is -3.28. The quantitative estimate of drug-likeness (QED) is 0.711. The van der Waals surface area contributed by atoms with Crippen LogP contribution in [0.1, 0.15) is 34.6 Å². The highest BCUT2D eigenvalue weighted by Crippen LogP contribution is 2.58. The smallest absolute Gasteiger partial charge is 0.310 e. The molecule has 0 bridgehead atoms. The van der Waals surface area contributed by atoms with Crippen LogP contribution in [0.3, 0.4) is 0 Å². The highest BCUT2D eigenvalue weighted by atomic mass is 16.5. The van der Waals surface area contributed by atoms with Crippen LogP contribution in [0.15, 0.2) is 0 Å². The first kappa shape index (κ1) is 16.5. The molecule has 3 atom stereocenters. The highest BCUT2D eigenvalue weighted by molar-refractivity contribution is 5.91. The van der Waals surface area contributed by atoms with Crippen molar-refractivity contribution < 1.29 is 24.2 Å². The topological polar surface area (TPSA) is 92.7 Å². The van der Waals surface area contributed by atoms with Crippen molar-refractivity contribution in [3.05, 3.63) is 0 Å². The molecule has 1 amide bonds. The number of carbonyl (C=O) groups is 3. The zero-order valence-electron chi connectivity index (χ0n) is 12.6. The summed E-state index contributed by atoms with van der Waals surface area (Å²) in [6.45, 7) is 8.85. The van der Waals surface area contributed by atoms with E-state index in [-0.39, 0.29) is 24.5 Å².